The van der Waals surface area contributed by atoms with Crippen LogP contribution in [0.25, 0.3) is 0 Å². The summed E-state index contributed by atoms with van der Waals surface area (Å²) in [6, 6.07) is 0. The lowest BCUT2D eigenvalue weighted by Gasteiger charge is -2.07. The van der Waals surface area contributed by atoms with E-state index in [-0.39, 0.29) is 13.2 Å². The molecule has 0 aromatic carbocycles. The van der Waals surface area contributed by atoms with Gasteiger partial charge in [0.25, 0.3) is 0 Å². The van der Waals surface area contributed by atoms with Crippen molar-refractivity contribution < 1.29 is 33.6 Å². The predicted octanol–water partition coefficient (Wildman–Crippen LogP) is 2.12. The van der Waals surface area contributed by atoms with Crippen LogP contribution in [0.1, 0.15) is 39.0 Å². The Bertz CT molecular complexity index is 261. The molecule has 0 bridgehead atoms. The van der Waals surface area contributed by atoms with Gasteiger partial charge in [0, 0.05) is 6.61 Å². The van der Waals surface area contributed by atoms with E-state index in [1.165, 1.54) is 25.7 Å². The third kappa shape index (κ3) is 21.3. The maximum atomic E-state index is 10.2. The van der Waals surface area contributed by atoms with Crippen LogP contribution < -0.4 is 0 Å². The molecule has 0 rings (SSSR count). The van der Waals surface area contributed by atoms with E-state index in [1.807, 2.05) is 0 Å². The molecule has 7 nitrogen and oxygen atoms in total. The fourth-order valence-electron chi connectivity index (χ4n) is 1.85. The highest BCUT2D eigenvalue weighted by Gasteiger charge is 1.96. The van der Waals surface area contributed by atoms with Gasteiger partial charge in [-0.3, -0.25) is 0 Å². The summed E-state index contributed by atoms with van der Waals surface area (Å²) in [6.45, 7) is 6.60. The summed E-state index contributed by atoms with van der Waals surface area (Å²) in [7, 11) is 0. The second-order valence-corrected chi connectivity index (χ2v) is 5.31. The number of rotatable bonds is 20. The first kappa shape index (κ1) is 23.3. The normalized spacial score (nSPS) is 11.0. The number of carboxylic acid groups (broad SMARTS) is 1. The van der Waals surface area contributed by atoms with Crippen molar-refractivity contribution in [2.45, 2.75) is 39.0 Å². The molecule has 1 N–H and O–H groups in total. The fraction of sp³-hybridized carbons (Fsp3) is 0.941. The van der Waals surface area contributed by atoms with Gasteiger partial charge in [-0.15, -0.1) is 0 Å². The molecule has 0 aliphatic carbocycles. The zero-order valence-corrected chi connectivity index (χ0v) is 15.0. The number of hydrogen-bond donors (Lipinski definition) is 1. The quantitative estimate of drug-likeness (QED) is 0.337. The molecule has 0 aromatic heterocycles. The highest BCUT2D eigenvalue weighted by Crippen LogP contribution is 2.02. The summed E-state index contributed by atoms with van der Waals surface area (Å²) < 4.78 is 26.3. The van der Waals surface area contributed by atoms with E-state index in [2.05, 4.69) is 6.92 Å². The van der Waals surface area contributed by atoms with Crippen LogP contribution in [0.2, 0.25) is 0 Å². The summed E-state index contributed by atoms with van der Waals surface area (Å²) >= 11 is 0. The number of unbranched alkanes of at least 4 members (excludes halogenated alkanes) is 4. The van der Waals surface area contributed by atoms with Crippen molar-refractivity contribution in [1.29, 1.82) is 0 Å². The third-order valence-corrected chi connectivity index (χ3v) is 3.11. The lowest BCUT2D eigenvalue weighted by atomic mass is 10.2. The van der Waals surface area contributed by atoms with Gasteiger partial charge in [-0.25, -0.2) is 4.79 Å². The molecule has 0 amide bonds. The largest absolute Gasteiger partial charge is 0.480 e. The molecule has 0 radical (unpaired) electrons. The smallest absolute Gasteiger partial charge is 0.329 e. The average molecular weight is 350 g/mol. The summed E-state index contributed by atoms with van der Waals surface area (Å²) in [6.07, 6.45) is 6.25. The van der Waals surface area contributed by atoms with Crippen molar-refractivity contribution in [2.75, 3.05) is 66.1 Å². The van der Waals surface area contributed by atoms with E-state index in [0.29, 0.717) is 46.2 Å². The molecule has 0 saturated carbocycles. The average Bonchev–Trinajstić information content (AvgIpc) is 2.56. The minimum absolute atomic E-state index is 0.272. The summed E-state index contributed by atoms with van der Waals surface area (Å²) in [5.41, 5.74) is 0. The summed E-state index contributed by atoms with van der Waals surface area (Å²) in [5, 5.41) is 8.35. The zero-order chi connectivity index (χ0) is 17.7. The number of hydrogen-bond acceptors (Lipinski definition) is 6. The molecule has 144 valence electrons. The molecule has 0 fully saturated rings. The topological polar surface area (TPSA) is 83.5 Å². The van der Waals surface area contributed by atoms with Crippen molar-refractivity contribution in [3.05, 3.63) is 0 Å². The first-order valence-corrected chi connectivity index (χ1v) is 8.88. The zero-order valence-electron chi connectivity index (χ0n) is 15.0. The number of carboxylic acids is 1. The van der Waals surface area contributed by atoms with E-state index in [4.69, 9.17) is 28.8 Å². The van der Waals surface area contributed by atoms with Crippen LogP contribution in [0.3, 0.4) is 0 Å². The first-order valence-electron chi connectivity index (χ1n) is 8.88. The molecule has 24 heavy (non-hydrogen) atoms. The van der Waals surface area contributed by atoms with Crippen LogP contribution in [0.15, 0.2) is 0 Å². The van der Waals surface area contributed by atoms with Gasteiger partial charge in [0.05, 0.1) is 52.9 Å². The maximum absolute atomic E-state index is 10.2. The van der Waals surface area contributed by atoms with Crippen LogP contribution in [0, 0.1) is 0 Å². The van der Waals surface area contributed by atoms with Gasteiger partial charge in [0.2, 0.25) is 0 Å². The van der Waals surface area contributed by atoms with E-state index < -0.39 is 5.97 Å². The van der Waals surface area contributed by atoms with E-state index in [1.54, 1.807) is 0 Å². The second-order valence-electron chi connectivity index (χ2n) is 5.31. The first-order chi connectivity index (χ1) is 11.8. The Morgan fingerprint density at radius 1 is 0.625 bits per heavy atom. The lowest BCUT2D eigenvalue weighted by Crippen LogP contribution is -2.14. The van der Waals surface area contributed by atoms with Crippen LogP contribution in [-0.4, -0.2) is 77.1 Å². The van der Waals surface area contributed by atoms with Crippen LogP contribution in [0.5, 0.6) is 0 Å². The molecular formula is C17H34O7. The Labute approximate surface area is 145 Å². The Morgan fingerprint density at radius 2 is 1.04 bits per heavy atom. The molecule has 0 unspecified atom stereocenters. The SMILES string of the molecule is CCCCCCCOCCOCCOCCOCCOCC(=O)O. The molecule has 0 aromatic rings. The van der Waals surface area contributed by atoms with E-state index in [0.717, 1.165) is 13.0 Å². The molecule has 0 saturated heterocycles. The minimum atomic E-state index is -0.976. The van der Waals surface area contributed by atoms with E-state index in [9.17, 15) is 4.79 Å². The van der Waals surface area contributed by atoms with Crippen LogP contribution >= 0.6 is 0 Å². The Hall–Kier alpha value is -0.730. The molecule has 0 aliphatic rings. The van der Waals surface area contributed by atoms with Gasteiger partial charge in [0.1, 0.15) is 6.61 Å². The maximum Gasteiger partial charge on any atom is 0.329 e. The fourth-order valence-corrected chi connectivity index (χ4v) is 1.85. The Morgan fingerprint density at radius 3 is 1.50 bits per heavy atom. The number of carbonyl (C=O) groups is 1. The highest BCUT2D eigenvalue weighted by molar-refractivity contribution is 5.67. The molecule has 0 atom stereocenters. The van der Waals surface area contributed by atoms with Crippen molar-refractivity contribution in [1.82, 2.24) is 0 Å². The Kier molecular flexibility index (Phi) is 19.7. The predicted molar refractivity (Wildman–Crippen MR) is 90.5 cm³/mol. The molecule has 0 heterocycles. The van der Waals surface area contributed by atoms with Gasteiger partial charge < -0.3 is 28.8 Å². The van der Waals surface area contributed by atoms with E-state index >= 15 is 0 Å². The molecular weight excluding hydrogens is 316 g/mol. The van der Waals surface area contributed by atoms with Gasteiger partial charge in [-0.2, -0.15) is 0 Å². The van der Waals surface area contributed by atoms with Crippen molar-refractivity contribution in [3.8, 4) is 0 Å². The van der Waals surface area contributed by atoms with Gasteiger partial charge in [-0.05, 0) is 6.42 Å². The van der Waals surface area contributed by atoms with Crippen molar-refractivity contribution >= 4 is 5.97 Å². The lowest BCUT2D eigenvalue weighted by molar-refractivity contribution is -0.142. The monoisotopic (exact) mass is 350 g/mol. The summed E-state index contributed by atoms with van der Waals surface area (Å²) in [5.74, 6) is -0.976. The number of ether oxygens (including phenoxy) is 5. The minimum Gasteiger partial charge on any atom is -0.480 e. The second kappa shape index (κ2) is 20.3. The molecule has 7 heteroatoms. The Balaban J connectivity index is 2.97. The third-order valence-electron chi connectivity index (χ3n) is 3.11. The number of aliphatic carboxylic acids is 1. The van der Waals surface area contributed by atoms with Gasteiger partial charge in [0.15, 0.2) is 0 Å². The van der Waals surface area contributed by atoms with Crippen LogP contribution in [0.4, 0.5) is 0 Å². The van der Waals surface area contributed by atoms with Gasteiger partial charge in [-0.1, -0.05) is 32.6 Å². The van der Waals surface area contributed by atoms with Crippen molar-refractivity contribution in [3.63, 3.8) is 0 Å². The van der Waals surface area contributed by atoms with Gasteiger partial charge >= 0.3 is 5.97 Å². The summed E-state index contributed by atoms with van der Waals surface area (Å²) in [4.78, 5) is 10.2. The standard InChI is InChI=1S/C17H34O7/c1-2-3-4-5-6-7-20-8-9-21-10-11-22-12-13-23-14-15-24-16-17(18)19/h2-16H2,1H3,(H,18,19). The molecule has 0 spiro atoms. The van der Waals surface area contributed by atoms with Crippen molar-refractivity contribution in [2.24, 2.45) is 0 Å². The van der Waals surface area contributed by atoms with Crippen LogP contribution in [-0.2, 0) is 28.5 Å². The highest BCUT2D eigenvalue weighted by atomic mass is 16.6. The molecule has 0 aliphatic heterocycles.